The lowest BCUT2D eigenvalue weighted by atomic mass is 9.94. The summed E-state index contributed by atoms with van der Waals surface area (Å²) in [6, 6.07) is 14.7. The monoisotopic (exact) mass is 649 g/mol. The Morgan fingerprint density at radius 3 is 2.28 bits per heavy atom. The van der Waals surface area contributed by atoms with Crippen molar-refractivity contribution in [1.82, 2.24) is 19.5 Å². The van der Waals surface area contributed by atoms with Crippen LogP contribution < -0.4 is 15.8 Å². The van der Waals surface area contributed by atoms with Gasteiger partial charge in [0.15, 0.2) is 0 Å². The quantitative estimate of drug-likeness (QED) is 0.342. The molecule has 0 aliphatic carbocycles. The van der Waals surface area contributed by atoms with Crippen LogP contribution in [0.3, 0.4) is 0 Å². The SMILES string of the molecule is CCN(c1cc(-c2ccc(CN3CCOCC3)cc2)cc(C(=O)NCc2c(C)cc(C)[nH]c2=O)c1C)C1CCN(S(C)(=O)=O)CC1. The molecule has 0 saturated carbocycles. The Balaban J connectivity index is 1.46. The van der Waals surface area contributed by atoms with E-state index in [4.69, 9.17) is 4.74 Å². The molecule has 5 rings (SSSR count). The lowest BCUT2D eigenvalue weighted by molar-refractivity contribution is 0.0342. The highest BCUT2D eigenvalue weighted by atomic mass is 32.2. The number of carbonyl (C=O) groups is 1. The molecule has 2 fully saturated rings. The van der Waals surface area contributed by atoms with Gasteiger partial charge in [-0.05, 0) is 86.6 Å². The van der Waals surface area contributed by atoms with Gasteiger partial charge >= 0.3 is 0 Å². The zero-order chi connectivity index (χ0) is 33.0. The van der Waals surface area contributed by atoms with Gasteiger partial charge in [0, 0.05) is 74.4 Å². The van der Waals surface area contributed by atoms with E-state index < -0.39 is 10.0 Å². The highest BCUT2D eigenvalue weighted by Crippen LogP contribution is 2.34. The average molecular weight is 650 g/mol. The maximum Gasteiger partial charge on any atom is 0.253 e. The predicted molar refractivity (Wildman–Crippen MR) is 183 cm³/mol. The molecule has 3 aromatic rings. The molecule has 0 unspecified atom stereocenters. The summed E-state index contributed by atoms with van der Waals surface area (Å²) in [6.45, 7) is 13.8. The molecule has 0 spiro atoms. The normalized spacial score (nSPS) is 16.8. The third-order valence-corrected chi connectivity index (χ3v) is 10.6. The minimum Gasteiger partial charge on any atom is -0.379 e. The van der Waals surface area contributed by atoms with Crippen molar-refractivity contribution in [3.63, 3.8) is 0 Å². The number of aryl methyl sites for hydroxylation is 2. The standard InChI is InChI=1S/C35H47N5O5S/c1-6-40(30-11-13-39(14-12-30)46(5,43)44)33-21-29(28-9-7-27(8-10-28)23-38-15-17-45-18-16-38)20-31(26(33)4)34(41)36-22-32-24(2)19-25(3)37-35(32)42/h7-10,19-21,30H,6,11-18,22-23H2,1-5H3,(H,36,41)(H,37,42). The molecule has 2 saturated heterocycles. The summed E-state index contributed by atoms with van der Waals surface area (Å²) < 4.78 is 31.4. The highest BCUT2D eigenvalue weighted by molar-refractivity contribution is 7.88. The van der Waals surface area contributed by atoms with Crippen molar-refractivity contribution in [1.29, 1.82) is 0 Å². The molecule has 2 aromatic carbocycles. The number of sulfonamides is 1. The number of piperidine rings is 1. The van der Waals surface area contributed by atoms with E-state index in [9.17, 15) is 18.0 Å². The molecule has 0 radical (unpaired) electrons. The molecule has 46 heavy (non-hydrogen) atoms. The molecule has 10 nitrogen and oxygen atoms in total. The highest BCUT2D eigenvalue weighted by Gasteiger charge is 2.30. The van der Waals surface area contributed by atoms with Crippen LogP contribution in [0.25, 0.3) is 11.1 Å². The number of carbonyl (C=O) groups excluding carboxylic acids is 1. The summed E-state index contributed by atoms with van der Waals surface area (Å²) in [4.78, 5) is 34.0. The topological polar surface area (TPSA) is 115 Å². The van der Waals surface area contributed by atoms with Gasteiger partial charge in [0.2, 0.25) is 10.0 Å². The number of rotatable bonds is 10. The third kappa shape index (κ3) is 7.88. The van der Waals surface area contributed by atoms with Crippen molar-refractivity contribution in [2.24, 2.45) is 0 Å². The van der Waals surface area contributed by atoms with E-state index in [1.165, 1.54) is 11.8 Å². The Bertz CT molecular complexity index is 1710. The first-order valence-electron chi connectivity index (χ1n) is 16.2. The largest absolute Gasteiger partial charge is 0.379 e. The molecule has 0 atom stereocenters. The van der Waals surface area contributed by atoms with Crippen LogP contribution in [-0.4, -0.2) is 86.7 Å². The Labute approximate surface area is 272 Å². The van der Waals surface area contributed by atoms with Crippen LogP contribution in [-0.2, 0) is 27.8 Å². The molecule has 0 bridgehead atoms. The van der Waals surface area contributed by atoms with E-state index in [0.29, 0.717) is 43.6 Å². The number of anilines is 1. The van der Waals surface area contributed by atoms with Gasteiger partial charge in [-0.25, -0.2) is 12.7 Å². The molecule has 3 heterocycles. The molecule has 2 aliphatic rings. The minimum absolute atomic E-state index is 0.122. The first kappa shape index (κ1) is 33.8. The lowest BCUT2D eigenvalue weighted by Crippen LogP contribution is -2.46. The van der Waals surface area contributed by atoms with Crippen molar-refractivity contribution >= 4 is 21.6 Å². The Morgan fingerprint density at radius 1 is 1.00 bits per heavy atom. The second-order valence-electron chi connectivity index (χ2n) is 12.6. The smallest absolute Gasteiger partial charge is 0.253 e. The van der Waals surface area contributed by atoms with Crippen molar-refractivity contribution in [2.75, 3.05) is 57.1 Å². The maximum absolute atomic E-state index is 13.8. The molecule has 2 N–H and O–H groups in total. The number of H-pyrrole nitrogens is 1. The predicted octanol–water partition coefficient (Wildman–Crippen LogP) is 3.98. The van der Waals surface area contributed by atoms with Crippen molar-refractivity contribution < 1.29 is 17.9 Å². The van der Waals surface area contributed by atoms with Crippen LogP contribution in [0.15, 0.2) is 47.3 Å². The van der Waals surface area contributed by atoms with Crippen LogP contribution >= 0.6 is 0 Å². The van der Waals surface area contributed by atoms with Gasteiger partial charge in [0.05, 0.1) is 19.5 Å². The number of pyridine rings is 1. The number of aromatic nitrogens is 1. The summed E-state index contributed by atoms with van der Waals surface area (Å²) in [5.74, 6) is -0.244. The molecule has 1 amide bonds. The van der Waals surface area contributed by atoms with Gasteiger partial charge in [0.25, 0.3) is 11.5 Å². The van der Waals surface area contributed by atoms with Crippen molar-refractivity contribution in [3.8, 4) is 11.1 Å². The number of amides is 1. The fraction of sp³-hybridized carbons (Fsp3) is 0.486. The third-order valence-electron chi connectivity index (χ3n) is 9.32. The van der Waals surface area contributed by atoms with E-state index in [-0.39, 0.29) is 24.1 Å². The van der Waals surface area contributed by atoms with E-state index in [1.807, 2.05) is 32.9 Å². The Morgan fingerprint density at radius 2 is 1.67 bits per heavy atom. The lowest BCUT2D eigenvalue weighted by Gasteiger charge is -2.39. The summed E-state index contributed by atoms with van der Waals surface area (Å²) in [5.41, 5.74) is 7.49. The summed E-state index contributed by atoms with van der Waals surface area (Å²) in [5, 5.41) is 3.01. The van der Waals surface area contributed by atoms with Crippen molar-refractivity contribution in [2.45, 2.75) is 59.7 Å². The average Bonchev–Trinajstić information content (AvgIpc) is 3.02. The van der Waals surface area contributed by atoms with E-state index in [1.54, 1.807) is 4.31 Å². The van der Waals surface area contributed by atoms with Crippen LogP contribution in [0.5, 0.6) is 0 Å². The molecular formula is C35H47N5O5S. The first-order chi connectivity index (χ1) is 21.9. The van der Waals surface area contributed by atoms with Gasteiger partial charge in [-0.1, -0.05) is 24.3 Å². The van der Waals surface area contributed by atoms with E-state index >= 15 is 0 Å². The van der Waals surface area contributed by atoms with Crippen LogP contribution in [0.1, 0.15) is 58.1 Å². The number of nitrogens with one attached hydrogen (secondary N) is 2. The summed E-state index contributed by atoms with van der Waals surface area (Å²) >= 11 is 0. The number of morpholine rings is 1. The Hall–Kier alpha value is -3.51. The van der Waals surface area contributed by atoms with Crippen LogP contribution in [0.2, 0.25) is 0 Å². The number of aromatic amines is 1. The molecule has 2 aliphatic heterocycles. The number of hydrogen-bond acceptors (Lipinski definition) is 7. The fourth-order valence-electron chi connectivity index (χ4n) is 6.70. The minimum atomic E-state index is -3.24. The van der Waals surface area contributed by atoms with Gasteiger partial charge < -0.3 is 19.9 Å². The molecule has 1 aromatic heterocycles. The van der Waals surface area contributed by atoms with E-state index in [0.717, 1.165) is 66.5 Å². The second-order valence-corrected chi connectivity index (χ2v) is 14.5. The zero-order valence-electron chi connectivity index (χ0n) is 27.7. The van der Waals surface area contributed by atoms with Gasteiger partial charge in [-0.3, -0.25) is 14.5 Å². The fourth-order valence-corrected chi connectivity index (χ4v) is 7.57. The van der Waals surface area contributed by atoms with Crippen molar-refractivity contribution in [3.05, 3.63) is 86.3 Å². The maximum atomic E-state index is 13.8. The second kappa shape index (κ2) is 14.5. The first-order valence-corrected chi connectivity index (χ1v) is 18.0. The molecule has 248 valence electrons. The summed E-state index contributed by atoms with van der Waals surface area (Å²) in [7, 11) is -3.24. The van der Waals surface area contributed by atoms with Gasteiger partial charge in [-0.2, -0.15) is 0 Å². The zero-order valence-corrected chi connectivity index (χ0v) is 28.5. The Kier molecular flexibility index (Phi) is 10.7. The number of nitrogens with zero attached hydrogens (tertiary/aromatic N) is 3. The number of benzene rings is 2. The van der Waals surface area contributed by atoms with Gasteiger partial charge in [-0.15, -0.1) is 0 Å². The van der Waals surface area contributed by atoms with Gasteiger partial charge in [0.1, 0.15) is 0 Å². The van der Waals surface area contributed by atoms with E-state index in [2.05, 4.69) is 57.4 Å². The summed E-state index contributed by atoms with van der Waals surface area (Å²) in [6.07, 6.45) is 2.68. The number of ether oxygens (including phenoxy) is 1. The molecule has 11 heteroatoms. The number of hydrogen-bond donors (Lipinski definition) is 2. The van der Waals surface area contributed by atoms with Crippen LogP contribution in [0.4, 0.5) is 5.69 Å². The molecular weight excluding hydrogens is 602 g/mol. The van der Waals surface area contributed by atoms with Crippen LogP contribution in [0, 0.1) is 20.8 Å².